The molecule has 1 amide bonds. The molecule has 2 aromatic rings. The highest BCUT2D eigenvalue weighted by Crippen LogP contribution is 2.33. The molecule has 0 radical (unpaired) electrons. The van der Waals surface area contributed by atoms with Crippen molar-refractivity contribution in [2.24, 2.45) is 0 Å². The minimum atomic E-state index is -1.17. The molecule has 3 rings (SSSR count). The number of rotatable bonds is 4. The van der Waals surface area contributed by atoms with Crippen LogP contribution in [0.2, 0.25) is 0 Å². The van der Waals surface area contributed by atoms with E-state index in [4.69, 9.17) is 9.52 Å². The van der Waals surface area contributed by atoms with Gasteiger partial charge in [-0.1, -0.05) is 6.92 Å². The maximum Gasteiger partial charge on any atom is 0.356 e. The summed E-state index contributed by atoms with van der Waals surface area (Å²) in [5, 5.41) is 8.83. The lowest BCUT2D eigenvalue weighted by molar-refractivity contribution is 0.0681. The summed E-state index contributed by atoms with van der Waals surface area (Å²) >= 11 is 0. The smallest absolute Gasteiger partial charge is 0.356 e. The molecule has 0 saturated carbocycles. The summed E-state index contributed by atoms with van der Waals surface area (Å²) in [5.41, 5.74) is -0.0395. The van der Waals surface area contributed by atoms with Gasteiger partial charge in [0.05, 0.1) is 18.4 Å². The number of carbonyl (C=O) groups is 2. The van der Waals surface area contributed by atoms with Crippen LogP contribution in [-0.4, -0.2) is 38.4 Å². The van der Waals surface area contributed by atoms with Gasteiger partial charge in [0.25, 0.3) is 5.91 Å². The molecule has 7 heteroatoms. The van der Waals surface area contributed by atoms with Crippen molar-refractivity contribution in [3.63, 3.8) is 0 Å². The number of hydrogen-bond donors (Lipinski definition) is 1. The second-order valence-electron chi connectivity index (χ2n) is 5.41. The third kappa shape index (κ3) is 2.94. The van der Waals surface area contributed by atoms with Crippen molar-refractivity contribution in [2.75, 3.05) is 6.54 Å². The number of carboxylic acids is 1. The van der Waals surface area contributed by atoms with Gasteiger partial charge in [-0.3, -0.25) is 4.79 Å². The van der Waals surface area contributed by atoms with Crippen molar-refractivity contribution >= 4 is 11.9 Å². The van der Waals surface area contributed by atoms with Crippen LogP contribution in [0.15, 0.2) is 28.9 Å². The third-order valence-electron chi connectivity index (χ3n) is 3.96. The van der Waals surface area contributed by atoms with Crippen LogP contribution < -0.4 is 0 Å². The predicted molar refractivity (Wildman–Crippen MR) is 80.1 cm³/mol. The molecule has 2 aromatic heterocycles. The van der Waals surface area contributed by atoms with Crippen LogP contribution in [0.25, 0.3) is 0 Å². The van der Waals surface area contributed by atoms with E-state index in [1.54, 1.807) is 4.90 Å². The zero-order chi connectivity index (χ0) is 16.4. The van der Waals surface area contributed by atoms with Gasteiger partial charge in [-0.05, 0) is 25.0 Å². The van der Waals surface area contributed by atoms with Gasteiger partial charge in [-0.2, -0.15) is 0 Å². The number of amides is 1. The maximum atomic E-state index is 12.6. The van der Waals surface area contributed by atoms with Crippen molar-refractivity contribution in [3.05, 3.63) is 47.4 Å². The van der Waals surface area contributed by atoms with Gasteiger partial charge >= 0.3 is 5.97 Å². The first kappa shape index (κ1) is 15.2. The second-order valence-corrected chi connectivity index (χ2v) is 5.41. The number of aromatic nitrogens is 2. The fourth-order valence-electron chi connectivity index (χ4n) is 2.77. The minimum absolute atomic E-state index is 0.108. The van der Waals surface area contributed by atoms with Crippen LogP contribution in [0.3, 0.4) is 0 Å². The van der Waals surface area contributed by atoms with E-state index in [9.17, 15) is 9.59 Å². The van der Waals surface area contributed by atoms with Gasteiger partial charge in [0.2, 0.25) is 0 Å². The Hall–Kier alpha value is -2.70. The number of aryl methyl sites for hydroxylation is 1. The number of carboxylic acid groups (broad SMARTS) is 1. The topological polar surface area (TPSA) is 96.5 Å². The summed E-state index contributed by atoms with van der Waals surface area (Å²) < 4.78 is 5.78. The van der Waals surface area contributed by atoms with Crippen molar-refractivity contribution in [3.8, 4) is 0 Å². The monoisotopic (exact) mass is 315 g/mol. The standard InChI is InChI=1S/C16H17N3O4/c1-2-10-5-6-14(23-10)13-4-3-7-19(13)15(20)11-8-18-12(9-17-11)16(21)22/h5-6,8-9,13H,2-4,7H2,1H3,(H,21,22). The Morgan fingerprint density at radius 1 is 1.30 bits per heavy atom. The Balaban J connectivity index is 1.81. The van der Waals surface area contributed by atoms with Gasteiger partial charge in [-0.25, -0.2) is 14.8 Å². The van der Waals surface area contributed by atoms with E-state index >= 15 is 0 Å². The molecule has 1 unspecified atom stereocenters. The van der Waals surface area contributed by atoms with Crippen LogP contribution in [-0.2, 0) is 6.42 Å². The average molecular weight is 315 g/mol. The van der Waals surface area contributed by atoms with Gasteiger partial charge in [0.15, 0.2) is 5.69 Å². The molecule has 1 aliphatic heterocycles. The highest BCUT2D eigenvalue weighted by Gasteiger charge is 2.33. The first-order valence-electron chi connectivity index (χ1n) is 7.55. The average Bonchev–Trinajstić information content (AvgIpc) is 3.22. The molecule has 0 spiro atoms. The molecule has 3 heterocycles. The van der Waals surface area contributed by atoms with Crippen molar-refractivity contribution in [1.82, 2.24) is 14.9 Å². The Bertz CT molecular complexity index is 723. The quantitative estimate of drug-likeness (QED) is 0.930. The van der Waals surface area contributed by atoms with Crippen molar-refractivity contribution < 1.29 is 19.1 Å². The van der Waals surface area contributed by atoms with E-state index in [-0.39, 0.29) is 23.3 Å². The molecule has 0 aromatic carbocycles. The number of hydrogen-bond acceptors (Lipinski definition) is 5. The zero-order valence-electron chi connectivity index (χ0n) is 12.7. The number of nitrogens with zero attached hydrogens (tertiary/aromatic N) is 3. The van der Waals surface area contributed by atoms with Crippen LogP contribution >= 0.6 is 0 Å². The zero-order valence-corrected chi connectivity index (χ0v) is 12.7. The normalized spacial score (nSPS) is 17.4. The summed E-state index contributed by atoms with van der Waals surface area (Å²) in [6.07, 6.45) is 4.84. The van der Waals surface area contributed by atoms with Crippen LogP contribution in [0.4, 0.5) is 0 Å². The van der Waals surface area contributed by atoms with Crippen LogP contribution in [0.1, 0.15) is 58.3 Å². The predicted octanol–water partition coefficient (Wildman–Crippen LogP) is 2.31. The minimum Gasteiger partial charge on any atom is -0.476 e. The van der Waals surface area contributed by atoms with E-state index in [0.29, 0.717) is 6.54 Å². The van der Waals surface area contributed by atoms with Crippen LogP contribution in [0, 0.1) is 0 Å². The largest absolute Gasteiger partial charge is 0.476 e. The summed E-state index contributed by atoms with van der Waals surface area (Å²) in [6.45, 7) is 2.63. The summed E-state index contributed by atoms with van der Waals surface area (Å²) in [5.74, 6) is 0.248. The third-order valence-corrected chi connectivity index (χ3v) is 3.96. The van der Waals surface area contributed by atoms with Crippen LogP contribution in [0.5, 0.6) is 0 Å². The molecule has 1 saturated heterocycles. The summed E-state index contributed by atoms with van der Waals surface area (Å²) in [7, 11) is 0. The molecule has 1 N–H and O–H groups in total. The van der Waals surface area contributed by atoms with E-state index in [1.807, 2.05) is 19.1 Å². The molecule has 23 heavy (non-hydrogen) atoms. The molecule has 1 atom stereocenters. The van der Waals surface area contributed by atoms with Gasteiger partial charge < -0.3 is 14.4 Å². The lowest BCUT2D eigenvalue weighted by Gasteiger charge is -2.22. The Morgan fingerprint density at radius 2 is 2.04 bits per heavy atom. The van der Waals surface area contributed by atoms with E-state index < -0.39 is 5.97 Å². The first-order chi connectivity index (χ1) is 11.1. The molecular formula is C16H17N3O4. The SMILES string of the molecule is CCc1ccc(C2CCCN2C(=O)c2cnc(C(=O)O)cn2)o1. The number of carbonyl (C=O) groups excluding carboxylic acids is 1. The highest BCUT2D eigenvalue weighted by atomic mass is 16.4. The summed E-state index contributed by atoms with van der Waals surface area (Å²) in [6, 6.07) is 3.73. The van der Waals surface area contributed by atoms with E-state index in [0.717, 1.165) is 37.0 Å². The van der Waals surface area contributed by atoms with Gasteiger partial charge in [-0.15, -0.1) is 0 Å². The maximum absolute atomic E-state index is 12.6. The molecular weight excluding hydrogens is 298 g/mol. The Morgan fingerprint density at radius 3 is 2.65 bits per heavy atom. The number of aromatic carboxylic acids is 1. The molecule has 0 bridgehead atoms. The fourth-order valence-corrected chi connectivity index (χ4v) is 2.77. The lowest BCUT2D eigenvalue weighted by Crippen LogP contribution is -2.31. The first-order valence-corrected chi connectivity index (χ1v) is 7.55. The number of furan rings is 1. The van der Waals surface area contributed by atoms with E-state index in [1.165, 1.54) is 6.20 Å². The Labute approximate surface area is 133 Å². The molecule has 1 aliphatic rings. The van der Waals surface area contributed by atoms with Gasteiger partial charge in [0.1, 0.15) is 17.2 Å². The molecule has 1 fully saturated rings. The van der Waals surface area contributed by atoms with Gasteiger partial charge in [0, 0.05) is 13.0 Å². The molecule has 120 valence electrons. The molecule has 0 aliphatic carbocycles. The lowest BCUT2D eigenvalue weighted by atomic mass is 10.1. The van der Waals surface area contributed by atoms with Crippen molar-refractivity contribution in [2.45, 2.75) is 32.2 Å². The summed E-state index contributed by atoms with van der Waals surface area (Å²) in [4.78, 5) is 32.8. The van der Waals surface area contributed by atoms with Crippen molar-refractivity contribution in [1.29, 1.82) is 0 Å². The highest BCUT2D eigenvalue weighted by molar-refractivity contribution is 5.93. The number of likely N-dealkylation sites (tertiary alicyclic amines) is 1. The molecule has 7 nitrogen and oxygen atoms in total. The van der Waals surface area contributed by atoms with E-state index in [2.05, 4.69) is 9.97 Å². The Kier molecular flexibility index (Phi) is 4.10. The second kappa shape index (κ2) is 6.20. The fraction of sp³-hybridized carbons (Fsp3) is 0.375.